The van der Waals surface area contributed by atoms with Gasteiger partial charge in [-0.15, -0.1) is 0 Å². The molecule has 2 aliphatic heterocycles. The number of hydrogen-bond donors (Lipinski definition) is 3. The maximum atomic E-state index is 10.2. The van der Waals surface area contributed by atoms with Crippen molar-refractivity contribution in [2.75, 3.05) is 0 Å². The van der Waals surface area contributed by atoms with Gasteiger partial charge < -0.3 is 24.8 Å². The molecule has 7 unspecified atom stereocenters. The molecule has 34 heavy (non-hydrogen) atoms. The molecular formula is C26H35NaO7. The fourth-order valence-corrected chi connectivity index (χ4v) is 7.75. The third kappa shape index (κ3) is 3.74. The van der Waals surface area contributed by atoms with Crippen LogP contribution in [0.5, 0.6) is 5.75 Å². The van der Waals surface area contributed by atoms with Gasteiger partial charge in [-0.05, 0) is 80.1 Å². The Morgan fingerprint density at radius 1 is 1.00 bits per heavy atom. The van der Waals surface area contributed by atoms with Crippen LogP contribution >= 0.6 is 0 Å². The Bertz CT molecular complexity index is 884. The van der Waals surface area contributed by atoms with Crippen LogP contribution in [0.3, 0.4) is 0 Å². The number of aliphatic hydroxyl groups excluding tert-OH is 3. The van der Waals surface area contributed by atoms with Crippen molar-refractivity contribution >= 4 is 0 Å². The molecule has 6 rings (SSSR count). The van der Waals surface area contributed by atoms with E-state index in [-0.39, 0.29) is 35.2 Å². The zero-order chi connectivity index (χ0) is 22.8. The molecular weight excluding hydrogens is 447 g/mol. The van der Waals surface area contributed by atoms with Crippen molar-refractivity contribution in [2.24, 2.45) is 23.7 Å². The third-order valence-corrected chi connectivity index (χ3v) is 9.36. The van der Waals surface area contributed by atoms with Crippen molar-refractivity contribution in [2.45, 2.75) is 94.1 Å². The minimum absolute atomic E-state index is 0. The molecule has 8 heteroatoms. The van der Waals surface area contributed by atoms with Crippen molar-refractivity contribution in [1.82, 2.24) is 0 Å². The maximum absolute atomic E-state index is 10.2. The van der Waals surface area contributed by atoms with E-state index in [2.05, 4.69) is 13.0 Å². The van der Waals surface area contributed by atoms with Gasteiger partial charge in [0, 0.05) is 0 Å². The summed E-state index contributed by atoms with van der Waals surface area (Å²) >= 11 is 0. The SMILES string of the molecule is CC1(c2cccc(O[C@@H]3O[CH-][C@@H](O)[C@H](O)C3O)c2)OOC12C1CCCC2C2CCCCC2C1.[Na+]. The van der Waals surface area contributed by atoms with Crippen LogP contribution in [0.15, 0.2) is 24.3 Å². The molecule has 0 aromatic heterocycles. The standard InChI is InChI=1S/C26H35O7.Na/c1-25(16-7-4-9-18(13-16)31-24-23(29)22(28)21(27)14-30-24)26(33-32-25)17-8-5-11-20(26)19-10-3-2-6-15(19)12-17;/h4,7,9,13-15,17,19-24,27-29H,2-3,5-6,8,10-12H2,1H3;/q-1;+1/t15?,17?,19?,20?,21-,22+,23?,24+,25?,26?;/m1./s1. The monoisotopic (exact) mass is 482 g/mol. The second-order valence-electron chi connectivity index (χ2n) is 10.9. The van der Waals surface area contributed by atoms with Crippen LogP contribution in [0.4, 0.5) is 0 Å². The van der Waals surface area contributed by atoms with E-state index in [0.717, 1.165) is 18.1 Å². The molecule has 0 amide bonds. The molecule has 0 radical (unpaired) electrons. The molecule has 7 nitrogen and oxygen atoms in total. The molecule has 2 heterocycles. The predicted molar refractivity (Wildman–Crippen MR) is 117 cm³/mol. The minimum Gasteiger partial charge on any atom is -0.516 e. The molecule has 1 aromatic carbocycles. The Balaban J connectivity index is 0.00000241. The molecule has 5 aliphatic rings. The fourth-order valence-electron chi connectivity index (χ4n) is 7.75. The van der Waals surface area contributed by atoms with Gasteiger partial charge in [-0.3, -0.25) is 0 Å². The maximum Gasteiger partial charge on any atom is 1.00 e. The van der Waals surface area contributed by atoms with Gasteiger partial charge in [-0.1, -0.05) is 37.8 Å². The summed E-state index contributed by atoms with van der Waals surface area (Å²) in [4.78, 5) is 12.2. The normalized spacial score (nSPS) is 47.8. The summed E-state index contributed by atoms with van der Waals surface area (Å²) in [6, 6.07) is 7.70. The molecule has 3 saturated carbocycles. The minimum atomic E-state index is -1.36. The van der Waals surface area contributed by atoms with Crippen LogP contribution in [-0.4, -0.2) is 45.5 Å². The zero-order valence-electron chi connectivity index (χ0n) is 20.1. The second-order valence-corrected chi connectivity index (χ2v) is 10.9. The first-order valence-electron chi connectivity index (χ1n) is 12.6. The van der Waals surface area contributed by atoms with E-state index in [1.807, 2.05) is 12.1 Å². The first-order chi connectivity index (χ1) is 15.9. The van der Waals surface area contributed by atoms with Gasteiger partial charge in [-0.25, -0.2) is 9.78 Å². The quantitative estimate of drug-likeness (QED) is 0.322. The fraction of sp³-hybridized carbons (Fsp3) is 0.731. The number of fused-ring (bicyclic) bond motifs is 2. The third-order valence-electron chi connectivity index (χ3n) is 9.36. The van der Waals surface area contributed by atoms with Gasteiger partial charge >= 0.3 is 29.6 Å². The van der Waals surface area contributed by atoms with Gasteiger partial charge in [-0.2, -0.15) is 6.61 Å². The van der Waals surface area contributed by atoms with Crippen molar-refractivity contribution in [1.29, 1.82) is 0 Å². The Kier molecular flexibility index (Phi) is 7.17. The number of aliphatic hydroxyl groups is 3. The molecule has 3 N–H and O–H groups in total. The van der Waals surface area contributed by atoms with Gasteiger partial charge in [0.1, 0.15) is 17.5 Å². The number of benzene rings is 1. The Hall–Kier alpha value is -0.220. The van der Waals surface area contributed by atoms with Crippen LogP contribution < -0.4 is 34.3 Å². The summed E-state index contributed by atoms with van der Waals surface area (Å²) in [7, 11) is 0. The number of hydrogen-bond acceptors (Lipinski definition) is 7. The molecule has 182 valence electrons. The van der Waals surface area contributed by atoms with Crippen LogP contribution in [0, 0.1) is 30.3 Å². The zero-order valence-corrected chi connectivity index (χ0v) is 22.1. The average Bonchev–Trinajstić information content (AvgIpc) is 2.83. The molecule has 5 fully saturated rings. The van der Waals surface area contributed by atoms with E-state index >= 15 is 0 Å². The van der Waals surface area contributed by atoms with Crippen molar-refractivity contribution < 1.29 is 64.1 Å². The van der Waals surface area contributed by atoms with Crippen LogP contribution in [-0.2, 0) is 20.1 Å². The predicted octanol–water partition coefficient (Wildman–Crippen LogP) is 0.212. The molecule has 1 spiro atoms. The number of rotatable bonds is 3. The summed E-state index contributed by atoms with van der Waals surface area (Å²) in [5, 5.41) is 29.8. The number of ether oxygens (including phenoxy) is 2. The van der Waals surface area contributed by atoms with Crippen molar-refractivity contribution in [3.05, 3.63) is 36.4 Å². The van der Waals surface area contributed by atoms with Crippen molar-refractivity contribution in [3.8, 4) is 5.75 Å². The van der Waals surface area contributed by atoms with E-state index in [1.165, 1.54) is 51.4 Å². The van der Waals surface area contributed by atoms with Gasteiger partial charge in [0.2, 0.25) is 0 Å². The molecule has 2 bridgehead atoms. The van der Waals surface area contributed by atoms with E-state index in [9.17, 15) is 15.3 Å². The van der Waals surface area contributed by atoms with Gasteiger partial charge in [0.25, 0.3) is 0 Å². The molecule has 2 saturated heterocycles. The second kappa shape index (κ2) is 9.58. The average molecular weight is 483 g/mol. The first-order valence-corrected chi connectivity index (χ1v) is 12.6. The smallest absolute Gasteiger partial charge is 0.516 e. The van der Waals surface area contributed by atoms with E-state index < -0.39 is 30.2 Å². The van der Waals surface area contributed by atoms with Crippen LogP contribution in [0.25, 0.3) is 0 Å². The summed E-state index contributed by atoms with van der Waals surface area (Å²) in [5.74, 6) is 3.05. The van der Waals surface area contributed by atoms with Gasteiger partial charge in [0.15, 0.2) is 11.9 Å². The summed E-state index contributed by atoms with van der Waals surface area (Å²) < 4.78 is 11.2. The topological polar surface area (TPSA) is 97.6 Å². The largest absolute Gasteiger partial charge is 1.00 e. The van der Waals surface area contributed by atoms with E-state index in [0.29, 0.717) is 23.5 Å². The summed E-state index contributed by atoms with van der Waals surface area (Å²) in [5.41, 5.74) is 0.114. The summed E-state index contributed by atoms with van der Waals surface area (Å²) in [6.07, 6.45) is 5.15. The summed E-state index contributed by atoms with van der Waals surface area (Å²) in [6.45, 7) is 3.25. The Morgan fingerprint density at radius 3 is 2.62 bits per heavy atom. The van der Waals surface area contributed by atoms with Crippen LogP contribution in [0.2, 0.25) is 0 Å². The Labute approximate surface area is 223 Å². The van der Waals surface area contributed by atoms with E-state index in [4.69, 9.17) is 19.2 Å². The van der Waals surface area contributed by atoms with Gasteiger partial charge in [0.05, 0.1) is 6.10 Å². The van der Waals surface area contributed by atoms with E-state index in [1.54, 1.807) is 6.07 Å². The first kappa shape index (κ1) is 25.4. The Morgan fingerprint density at radius 2 is 1.82 bits per heavy atom. The molecule has 1 aromatic rings. The molecule has 3 aliphatic carbocycles. The van der Waals surface area contributed by atoms with Crippen molar-refractivity contribution in [3.63, 3.8) is 0 Å². The van der Waals surface area contributed by atoms with Crippen LogP contribution in [0.1, 0.15) is 63.9 Å². The molecule has 10 atom stereocenters.